The van der Waals surface area contributed by atoms with Gasteiger partial charge >= 0.3 is 6.09 Å². The first-order valence-corrected chi connectivity index (χ1v) is 8.02. The van der Waals surface area contributed by atoms with Crippen LogP contribution in [0.25, 0.3) is 11.3 Å². The minimum absolute atomic E-state index is 0.236. The standard InChI is InChI=1S/C18H19FN4O2/c1-18(2,3)25-17(24)22-7-8-23-15(11-22)14(10-20)16(21-23)12-5-4-6-13(19)9-12/h4-6,9H,7-8,11H2,1-3H3. The molecule has 1 aliphatic rings. The molecule has 6 nitrogen and oxygen atoms in total. The number of carbonyl (C=O) groups is 1. The van der Waals surface area contributed by atoms with Crippen LogP contribution in [0.5, 0.6) is 0 Å². The highest BCUT2D eigenvalue weighted by atomic mass is 19.1. The maximum absolute atomic E-state index is 13.5. The van der Waals surface area contributed by atoms with Crippen LogP contribution in [-0.4, -0.2) is 32.9 Å². The number of carbonyl (C=O) groups excluding carboxylic acids is 1. The van der Waals surface area contributed by atoms with Crippen molar-refractivity contribution >= 4 is 6.09 Å². The lowest BCUT2D eigenvalue weighted by atomic mass is 10.1. The number of amides is 1. The van der Waals surface area contributed by atoms with Gasteiger partial charge in [0.2, 0.25) is 0 Å². The fourth-order valence-electron chi connectivity index (χ4n) is 2.76. The smallest absolute Gasteiger partial charge is 0.410 e. The van der Waals surface area contributed by atoms with Crippen molar-refractivity contribution in [3.8, 4) is 17.3 Å². The van der Waals surface area contributed by atoms with Gasteiger partial charge in [-0.1, -0.05) is 12.1 Å². The number of hydrogen-bond donors (Lipinski definition) is 0. The Morgan fingerprint density at radius 2 is 2.12 bits per heavy atom. The van der Waals surface area contributed by atoms with Crippen LogP contribution < -0.4 is 0 Å². The van der Waals surface area contributed by atoms with E-state index in [9.17, 15) is 14.4 Å². The summed E-state index contributed by atoms with van der Waals surface area (Å²) in [6.45, 7) is 6.56. The summed E-state index contributed by atoms with van der Waals surface area (Å²) in [4.78, 5) is 13.8. The van der Waals surface area contributed by atoms with Gasteiger partial charge in [-0.3, -0.25) is 4.68 Å². The number of ether oxygens (including phenoxy) is 1. The molecule has 1 aromatic heterocycles. The van der Waals surface area contributed by atoms with E-state index in [4.69, 9.17) is 4.74 Å². The van der Waals surface area contributed by atoms with Crippen LogP contribution in [0.2, 0.25) is 0 Å². The molecule has 1 aromatic carbocycles. The number of nitriles is 1. The first kappa shape index (κ1) is 17.0. The second-order valence-corrected chi connectivity index (χ2v) is 6.92. The second-order valence-electron chi connectivity index (χ2n) is 6.92. The van der Waals surface area contributed by atoms with Crippen molar-refractivity contribution in [2.45, 2.75) is 39.5 Å². The summed E-state index contributed by atoms with van der Waals surface area (Å²) in [6, 6.07) is 8.13. The molecule has 0 unspecified atom stereocenters. The van der Waals surface area contributed by atoms with E-state index in [1.807, 2.05) is 20.8 Å². The number of fused-ring (bicyclic) bond motifs is 1. The van der Waals surface area contributed by atoms with Crippen LogP contribution >= 0.6 is 0 Å². The second kappa shape index (κ2) is 6.20. The molecule has 2 heterocycles. The molecule has 0 radical (unpaired) electrons. The van der Waals surface area contributed by atoms with Gasteiger partial charge in [-0.25, -0.2) is 9.18 Å². The van der Waals surface area contributed by atoms with E-state index in [0.717, 1.165) is 0 Å². The minimum Gasteiger partial charge on any atom is -0.444 e. The summed E-state index contributed by atoms with van der Waals surface area (Å²) in [5.74, 6) is -0.386. The van der Waals surface area contributed by atoms with Crippen LogP contribution in [0.4, 0.5) is 9.18 Å². The summed E-state index contributed by atoms with van der Waals surface area (Å²) in [7, 11) is 0. The highest BCUT2D eigenvalue weighted by molar-refractivity contribution is 5.70. The topological polar surface area (TPSA) is 71.2 Å². The summed E-state index contributed by atoms with van der Waals surface area (Å²) >= 11 is 0. The van der Waals surface area contributed by atoms with Crippen LogP contribution in [0, 0.1) is 17.1 Å². The van der Waals surface area contributed by atoms with Crippen LogP contribution in [-0.2, 0) is 17.8 Å². The SMILES string of the molecule is CC(C)(C)OC(=O)N1CCn2nc(-c3cccc(F)c3)c(C#N)c2C1. The zero-order chi connectivity index (χ0) is 18.2. The summed E-state index contributed by atoms with van der Waals surface area (Å²) < 4.78 is 20.6. The van der Waals surface area contributed by atoms with Gasteiger partial charge in [-0.05, 0) is 32.9 Å². The molecule has 2 aromatic rings. The van der Waals surface area contributed by atoms with Gasteiger partial charge in [0.15, 0.2) is 0 Å². The number of benzene rings is 1. The lowest BCUT2D eigenvalue weighted by Gasteiger charge is -2.30. The first-order valence-electron chi connectivity index (χ1n) is 8.02. The molecule has 3 rings (SSSR count). The fourth-order valence-corrected chi connectivity index (χ4v) is 2.76. The Labute approximate surface area is 145 Å². The Kier molecular flexibility index (Phi) is 4.21. The van der Waals surface area contributed by atoms with Crippen molar-refractivity contribution in [2.24, 2.45) is 0 Å². The van der Waals surface area contributed by atoms with E-state index < -0.39 is 11.7 Å². The molecule has 7 heteroatoms. The van der Waals surface area contributed by atoms with Gasteiger partial charge in [0.05, 0.1) is 18.8 Å². The summed E-state index contributed by atoms with van der Waals surface area (Å²) in [5.41, 5.74) is 1.39. The molecule has 130 valence electrons. The molecule has 0 saturated carbocycles. The molecule has 0 bridgehead atoms. The van der Waals surface area contributed by atoms with E-state index in [-0.39, 0.29) is 12.4 Å². The molecular formula is C18H19FN4O2. The predicted molar refractivity (Wildman–Crippen MR) is 89.0 cm³/mol. The molecule has 1 amide bonds. The van der Waals surface area contributed by atoms with E-state index in [2.05, 4.69) is 11.2 Å². The van der Waals surface area contributed by atoms with Gasteiger partial charge in [-0.15, -0.1) is 0 Å². The third-order valence-electron chi connectivity index (χ3n) is 3.84. The van der Waals surface area contributed by atoms with Gasteiger partial charge in [0.1, 0.15) is 28.7 Å². The molecule has 0 atom stereocenters. The van der Waals surface area contributed by atoms with Crippen molar-refractivity contribution in [3.05, 3.63) is 41.3 Å². The Morgan fingerprint density at radius 3 is 2.76 bits per heavy atom. The molecule has 25 heavy (non-hydrogen) atoms. The Bertz CT molecular complexity index is 861. The lowest BCUT2D eigenvalue weighted by Crippen LogP contribution is -2.41. The third-order valence-corrected chi connectivity index (χ3v) is 3.84. The number of hydrogen-bond acceptors (Lipinski definition) is 4. The summed E-state index contributed by atoms with van der Waals surface area (Å²) in [5, 5.41) is 14.0. The van der Waals surface area contributed by atoms with Crippen molar-refractivity contribution in [1.29, 1.82) is 5.26 Å². The van der Waals surface area contributed by atoms with Crippen molar-refractivity contribution in [3.63, 3.8) is 0 Å². The molecule has 0 spiro atoms. The fraction of sp³-hybridized carbons (Fsp3) is 0.389. The zero-order valence-electron chi connectivity index (χ0n) is 14.4. The first-order chi connectivity index (χ1) is 11.8. The van der Waals surface area contributed by atoms with Crippen molar-refractivity contribution < 1.29 is 13.9 Å². The molecule has 0 aliphatic carbocycles. The zero-order valence-corrected chi connectivity index (χ0v) is 14.4. The van der Waals surface area contributed by atoms with Gasteiger partial charge < -0.3 is 9.64 Å². The van der Waals surface area contributed by atoms with E-state index in [0.29, 0.717) is 35.6 Å². The van der Waals surface area contributed by atoms with Gasteiger partial charge in [-0.2, -0.15) is 10.4 Å². The molecular weight excluding hydrogens is 323 g/mol. The lowest BCUT2D eigenvalue weighted by molar-refractivity contribution is 0.0194. The molecule has 0 fully saturated rings. The molecule has 0 N–H and O–H groups in total. The van der Waals surface area contributed by atoms with E-state index >= 15 is 0 Å². The highest BCUT2D eigenvalue weighted by Gasteiger charge is 2.30. The Balaban J connectivity index is 1.93. The van der Waals surface area contributed by atoms with Crippen LogP contribution in [0.3, 0.4) is 0 Å². The van der Waals surface area contributed by atoms with E-state index in [1.54, 1.807) is 21.7 Å². The van der Waals surface area contributed by atoms with E-state index in [1.165, 1.54) is 12.1 Å². The summed E-state index contributed by atoms with van der Waals surface area (Å²) in [6.07, 6.45) is -0.420. The van der Waals surface area contributed by atoms with Crippen molar-refractivity contribution in [2.75, 3.05) is 6.54 Å². The predicted octanol–water partition coefficient (Wildman–Crippen LogP) is 3.31. The van der Waals surface area contributed by atoms with Gasteiger partial charge in [0, 0.05) is 12.1 Å². The molecule has 1 aliphatic heterocycles. The Morgan fingerprint density at radius 1 is 1.36 bits per heavy atom. The average molecular weight is 342 g/mol. The quantitative estimate of drug-likeness (QED) is 0.797. The number of aromatic nitrogens is 2. The average Bonchev–Trinajstić information content (AvgIpc) is 2.90. The third kappa shape index (κ3) is 3.48. The number of rotatable bonds is 1. The van der Waals surface area contributed by atoms with Crippen LogP contribution in [0.1, 0.15) is 32.0 Å². The maximum Gasteiger partial charge on any atom is 0.410 e. The molecule has 0 saturated heterocycles. The van der Waals surface area contributed by atoms with Gasteiger partial charge in [0.25, 0.3) is 0 Å². The van der Waals surface area contributed by atoms with Crippen molar-refractivity contribution in [1.82, 2.24) is 14.7 Å². The normalized spacial score (nSPS) is 14.0. The number of halogens is 1. The number of nitrogens with zero attached hydrogens (tertiary/aromatic N) is 4. The highest BCUT2D eigenvalue weighted by Crippen LogP contribution is 2.28. The minimum atomic E-state index is -0.584. The van der Waals surface area contributed by atoms with Crippen LogP contribution in [0.15, 0.2) is 24.3 Å². The monoisotopic (exact) mass is 342 g/mol. The largest absolute Gasteiger partial charge is 0.444 e. The maximum atomic E-state index is 13.5. The Hall–Kier alpha value is -2.88.